The van der Waals surface area contributed by atoms with E-state index in [4.69, 9.17) is 0 Å². The number of likely N-dealkylation sites (tertiary alicyclic amines) is 1. The molecular formula is C72H119F2N13O13. The summed E-state index contributed by atoms with van der Waals surface area (Å²) in [6, 6.07) is -5.60. The van der Waals surface area contributed by atoms with E-state index in [1.807, 2.05) is 48.5 Å². The first kappa shape index (κ1) is 85.1. The number of carbonyl (C=O) groups excluding carboxylic acids is 12. The third-order valence-electron chi connectivity index (χ3n) is 19.4. The van der Waals surface area contributed by atoms with Crippen molar-refractivity contribution in [2.75, 3.05) is 68.0 Å². The standard InChI is InChI=1S/C72H119F2N13O13/c1-18-20-32-87-41-59(90)81(13)47(11)62(91)77-51(31-27-30-50-40-72(73,74)42-75-50)66(95)85(17)57(38-49-28-23-21-24-29-49)69(98)82(14)54(19-2)63(92)78-53(68(97)86-33-25-22-26-34-86)39-58(89)76-52(35-43(3)4)67(96)83(15)55(36-44(5)6)64(93)79-60(46(9)10)70(99)84(16)56(37-45(7)8)65(94)80-61(48(12)88)71(87)100/h21,23-24,28-29,43-48,50-57,60-61,75,88H,18-20,22,25-27,30-42H2,1-17H3,(H,76,89)(H,77,91)(H,78,92)(H,79,93)(H,80,94)/t47-,48+,50+,51-,52+,53-,54-,55-,56-,57-,60-,61-/m0/s1. The molecule has 3 aliphatic heterocycles. The van der Waals surface area contributed by atoms with Crippen molar-refractivity contribution in [3.8, 4) is 0 Å². The Hall–Kier alpha value is -7.36. The van der Waals surface area contributed by atoms with E-state index in [9.17, 15) is 61.8 Å². The summed E-state index contributed by atoms with van der Waals surface area (Å²) >= 11 is 0. The van der Waals surface area contributed by atoms with Crippen molar-refractivity contribution in [1.82, 2.24) is 66.2 Å². The summed E-state index contributed by atoms with van der Waals surface area (Å²) < 4.78 is 28.9. The van der Waals surface area contributed by atoms with Gasteiger partial charge in [-0.25, -0.2) is 8.78 Å². The highest BCUT2D eigenvalue weighted by Crippen LogP contribution is 2.29. The van der Waals surface area contributed by atoms with Gasteiger partial charge in [-0.3, -0.25) is 57.5 Å². The molecular weight excluding hydrogens is 1290 g/mol. The molecule has 3 aliphatic rings. The first-order chi connectivity index (χ1) is 46.9. The fraction of sp³-hybridized carbons (Fsp3) is 0.750. The van der Waals surface area contributed by atoms with Crippen molar-refractivity contribution >= 4 is 70.9 Å². The maximum Gasteiger partial charge on any atom is 0.261 e. The van der Waals surface area contributed by atoms with Gasteiger partial charge in [0, 0.05) is 73.8 Å². The van der Waals surface area contributed by atoms with E-state index in [-0.39, 0.29) is 75.7 Å². The van der Waals surface area contributed by atoms with E-state index >= 15 is 9.59 Å². The maximum absolute atomic E-state index is 15.4. The molecule has 564 valence electrons. The van der Waals surface area contributed by atoms with Crippen LogP contribution in [0.1, 0.15) is 179 Å². The van der Waals surface area contributed by atoms with Gasteiger partial charge < -0.3 is 71.3 Å². The molecule has 3 fully saturated rings. The molecule has 1 aromatic rings. The van der Waals surface area contributed by atoms with Crippen LogP contribution >= 0.6 is 0 Å². The van der Waals surface area contributed by atoms with Gasteiger partial charge in [0.1, 0.15) is 60.4 Å². The molecule has 7 N–H and O–H groups in total. The van der Waals surface area contributed by atoms with Crippen LogP contribution in [0.15, 0.2) is 30.3 Å². The summed E-state index contributed by atoms with van der Waals surface area (Å²) in [6.07, 6.45) is 0.707. The first-order valence-electron chi connectivity index (χ1n) is 36.1. The molecule has 0 aliphatic carbocycles. The number of hydrogen-bond acceptors (Lipinski definition) is 14. The fourth-order valence-electron chi connectivity index (χ4n) is 13.1. The molecule has 0 saturated carbocycles. The average molecular weight is 1410 g/mol. The zero-order valence-corrected chi connectivity index (χ0v) is 62.5. The molecule has 100 heavy (non-hydrogen) atoms. The average Bonchev–Trinajstić information content (AvgIpc) is 0.999. The highest BCUT2D eigenvalue weighted by atomic mass is 19.3. The number of aliphatic hydroxyl groups is 1. The maximum atomic E-state index is 15.4. The van der Waals surface area contributed by atoms with E-state index in [2.05, 4.69) is 31.9 Å². The van der Waals surface area contributed by atoms with Gasteiger partial charge in [0.25, 0.3) is 5.92 Å². The Morgan fingerprint density at radius 1 is 0.580 bits per heavy atom. The number of unbranched alkanes of at least 4 members (excludes halogenated alkanes) is 1. The van der Waals surface area contributed by atoms with Crippen molar-refractivity contribution in [3.05, 3.63) is 35.9 Å². The van der Waals surface area contributed by atoms with Crippen molar-refractivity contribution in [1.29, 1.82) is 0 Å². The minimum Gasteiger partial charge on any atom is -0.391 e. The van der Waals surface area contributed by atoms with Crippen molar-refractivity contribution in [2.45, 2.75) is 258 Å². The summed E-state index contributed by atoms with van der Waals surface area (Å²) in [5, 5.41) is 28.1. The zero-order chi connectivity index (χ0) is 75.2. The lowest BCUT2D eigenvalue weighted by Gasteiger charge is -2.37. The van der Waals surface area contributed by atoms with Crippen LogP contribution in [0.2, 0.25) is 0 Å². The monoisotopic (exact) mass is 1410 g/mol. The van der Waals surface area contributed by atoms with Crippen LogP contribution < -0.4 is 31.9 Å². The molecule has 0 spiro atoms. The molecule has 12 amide bonds. The molecule has 1 aromatic carbocycles. The summed E-state index contributed by atoms with van der Waals surface area (Å²) in [5.41, 5.74) is 0.605. The lowest BCUT2D eigenvalue weighted by molar-refractivity contribution is -0.150. The van der Waals surface area contributed by atoms with Gasteiger partial charge in [0.05, 0.1) is 25.6 Å². The molecule has 28 heteroatoms. The quantitative estimate of drug-likeness (QED) is 0.104. The number of nitrogens with zero attached hydrogens (tertiary/aromatic N) is 7. The predicted molar refractivity (Wildman–Crippen MR) is 375 cm³/mol. The number of carbonyl (C=O) groups is 12. The lowest BCUT2D eigenvalue weighted by Crippen LogP contribution is -2.62. The molecule has 0 unspecified atom stereocenters. The number of alkyl halides is 2. The summed E-state index contributed by atoms with van der Waals surface area (Å²) in [5.74, 6) is -13.2. The second-order valence-electron chi connectivity index (χ2n) is 29.5. The molecule has 3 heterocycles. The molecule has 0 radical (unpaired) electrons. The van der Waals surface area contributed by atoms with E-state index in [1.54, 1.807) is 56.0 Å². The summed E-state index contributed by atoms with van der Waals surface area (Å²) in [4.78, 5) is 187. The van der Waals surface area contributed by atoms with E-state index in [1.165, 1.54) is 58.9 Å². The number of benzene rings is 1. The Kier molecular flexibility index (Phi) is 33.8. The lowest BCUT2D eigenvalue weighted by atomic mass is 9.96. The Morgan fingerprint density at radius 2 is 1.11 bits per heavy atom. The molecule has 26 nitrogen and oxygen atoms in total. The smallest absolute Gasteiger partial charge is 0.261 e. The summed E-state index contributed by atoms with van der Waals surface area (Å²) in [7, 11) is 6.87. The number of piperidine rings is 1. The van der Waals surface area contributed by atoms with Gasteiger partial charge in [-0.2, -0.15) is 0 Å². The number of nitrogens with one attached hydrogen (secondary N) is 6. The van der Waals surface area contributed by atoms with E-state index in [0.717, 1.165) is 26.0 Å². The van der Waals surface area contributed by atoms with Crippen LogP contribution in [0.3, 0.4) is 0 Å². The highest BCUT2D eigenvalue weighted by Gasteiger charge is 2.44. The normalized spacial score (nSPS) is 27.1. The first-order valence-corrected chi connectivity index (χ1v) is 36.1. The number of rotatable bonds is 19. The van der Waals surface area contributed by atoms with Crippen molar-refractivity contribution < 1.29 is 71.4 Å². The van der Waals surface area contributed by atoms with E-state index < -0.39 is 181 Å². The van der Waals surface area contributed by atoms with Gasteiger partial charge in [0.15, 0.2) is 0 Å². The molecule has 0 aromatic heterocycles. The minimum absolute atomic E-state index is 0.0241. The summed E-state index contributed by atoms with van der Waals surface area (Å²) in [6.45, 7) is 20.0. The number of hydrogen-bond donors (Lipinski definition) is 7. The molecule has 4 rings (SSSR count). The molecule has 0 bridgehead atoms. The Balaban J connectivity index is 1.94. The number of aliphatic hydroxyl groups excluding tert-OH is 1. The Labute approximate surface area is 591 Å². The van der Waals surface area contributed by atoms with Gasteiger partial charge in [-0.1, -0.05) is 106 Å². The minimum atomic E-state index is -2.96. The highest BCUT2D eigenvalue weighted by molar-refractivity contribution is 6.00. The van der Waals surface area contributed by atoms with E-state index in [0.29, 0.717) is 44.3 Å². The number of amides is 12. The zero-order valence-electron chi connectivity index (χ0n) is 62.5. The Bertz CT molecular complexity index is 2930. The van der Waals surface area contributed by atoms with Crippen LogP contribution in [0.4, 0.5) is 8.78 Å². The van der Waals surface area contributed by atoms with Gasteiger partial charge >= 0.3 is 0 Å². The second kappa shape index (κ2) is 39.7. The fourth-order valence-corrected chi connectivity index (χ4v) is 13.1. The van der Waals surface area contributed by atoms with Crippen LogP contribution in [0, 0.1) is 23.7 Å². The van der Waals surface area contributed by atoms with Gasteiger partial charge in [-0.05, 0) is 114 Å². The van der Waals surface area contributed by atoms with Crippen LogP contribution in [0.5, 0.6) is 0 Å². The molecule has 3 saturated heterocycles. The number of likely N-dealkylation sites (N-methyl/N-ethyl adjacent to an activating group) is 5. The molecule has 12 atom stereocenters. The topological polar surface area (TPSA) is 320 Å². The van der Waals surface area contributed by atoms with Crippen molar-refractivity contribution in [2.24, 2.45) is 23.7 Å². The van der Waals surface area contributed by atoms with Crippen molar-refractivity contribution in [3.63, 3.8) is 0 Å². The van der Waals surface area contributed by atoms with Crippen LogP contribution in [-0.2, 0) is 64.0 Å². The third-order valence-corrected chi connectivity index (χ3v) is 19.4. The number of halogens is 2. The van der Waals surface area contributed by atoms with Crippen LogP contribution in [-0.4, -0.2) is 257 Å². The Morgan fingerprint density at radius 3 is 1.63 bits per heavy atom. The predicted octanol–water partition coefficient (Wildman–Crippen LogP) is 3.61. The SMILES string of the molecule is CCCCN1CC(=O)N(C)[C@@H](C)C(=O)N[C@@H](CCC[C@@H]2CC(F)(F)CN2)C(=O)N(C)[C@@H](Cc2ccccc2)C(=O)N(C)[C@@H](CC)C(=O)N[C@H](C(=O)N2CCCCC2)CC(=O)N[C@H](CC(C)C)C(=O)N(C)[C@@H](CC(C)C)C(=O)N[C@@H](C(C)C)C(=O)N(C)[C@@H](CC(C)C)C(=O)N[C@@H]([C@@H](C)O)C1=O. The van der Waals surface area contributed by atoms with Gasteiger partial charge in [-0.15, -0.1) is 0 Å². The largest absolute Gasteiger partial charge is 0.391 e. The van der Waals surface area contributed by atoms with Crippen LogP contribution in [0.25, 0.3) is 0 Å². The third kappa shape index (κ3) is 24.7. The second-order valence-corrected chi connectivity index (χ2v) is 29.5. The van der Waals surface area contributed by atoms with Gasteiger partial charge in [0.2, 0.25) is 70.9 Å².